The van der Waals surface area contributed by atoms with Crippen molar-refractivity contribution in [1.29, 1.82) is 0 Å². The quantitative estimate of drug-likeness (QED) is 0.356. The third-order valence-corrected chi connectivity index (χ3v) is 6.49. The molecule has 206 valence electrons. The minimum absolute atomic E-state index is 0.114. The summed E-state index contributed by atoms with van der Waals surface area (Å²) in [5.74, 6) is -2.40. The number of esters is 1. The molecule has 0 aliphatic carbocycles. The monoisotopic (exact) mass is 542 g/mol. The Labute approximate surface area is 231 Å². The number of carbonyl (C=O) groups excluding carboxylic acids is 5. The minimum atomic E-state index is -1.01. The predicted molar refractivity (Wildman–Crippen MR) is 148 cm³/mol. The molecule has 1 aliphatic rings. The first-order valence-electron chi connectivity index (χ1n) is 12.7. The molecule has 10 nitrogen and oxygen atoms in total. The van der Waals surface area contributed by atoms with Crippen molar-refractivity contribution in [2.45, 2.75) is 31.8 Å². The Morgan fingerprint density at radius 2 is 1.65 bits per heavy atom. The number of methoxy groups -OCH3 is 1. The highest BCUT2D eigenvalue weighted by atomic mass is 16.5. The van der Waals surface area contributed by atoms with Crippen LogP contribution in [0.3, 0.4) is 0 Å². The molecule has 4 rings (SSSR count). The van der Waals surface area contributed by atoms with Gasteiger partial charge >= 0.3 is 5.97 Å². The number of fused-ring (bicyclic) bond motifs is 1. The summed E-state index contributed by atoms with van der Waals surface area (Å²) in [6, 6.07) is 21.0. The molecule has 0 aromatic heterocycles. The number of carbonyl (C=O) groups is 5. The maximum absolute atomic E-state index is 13.9. The number of anilines is 2. The first kappa shape index (κ1) is 28.0. The van der Waals surface area contributed by atoms with Crippen LogP contribution in [0.1, 0.15) is 40.9 Å². The normalized spacial score (nSPS) is 15.2. The summed E-state index contributed by atoms with van der Waals surface area (Å²) < 4.78 is 4.80. The number of ether oxygens (including phenoxy) is 1. The predicted octanol–water partition coefficient (Wildman–Crippen LogP) is 3.07. The van der Waals surface area contributed by atoms with Crippen molar-refractivity contribution in [3.8, 4) is 0 Å². The van der Waals surface area contributed by atoms with Crippen LogP contribution in [0.4, 0.5) is 11.4 Å². The molecule has 4 amide bonds. The average molecular weight is 543 g/mol. The van der Waals surface area contributed by atoms with E-state index in [0.29, 0.717) is 11.3 Å². The van der Waals surface area contributed by atoms with Crippen LogP contribution in [-0.2, 0) is 30.3 Å². The van der Waals surface area contributed by atoms with Gasteiger partial charge in [-0.1, -0.05) is 60.7 Å². The maximum Gasteiger partial charge on any atom is 0.307 e. The molecule has 1 aliphatic heterocycles. The fraction of sp³-hybridized carbons (Fsp3) is 0.233. The summed E-state index contributed by atoms with van der Waals surface area (Å²) in [7, 11) is 1.27. The second-order valence-corrected chi connectivity index (χ2v) is 9.38. The van der Waals surface area contributed by atoms with Gasteiger partial charge in [0, 0.05) is 19.0 Å². The maximum atomic E-state index is 13.9. The van der Waals surface area contributed by atoms with Crippen molar-refractivity contribution < 1.29 is 28.7 Å². The fourth-order valence-corrected chi connectivity index (χ4v) is 4.57. The lowest BCUT2D eigenvalue weighted by atomic mass is 10.0. The second-order valence-electron chi connectivity index (χ2n) is 9.38. The zero-order chi connectivity index (χ0) is 28.6. The van der Waals surface area contributed by atoms with Crippen LogP contribution in [0.5, 0.6) is 0 Å². The number of hydrogen-bond donors (Lipinski definition) is 3. The topological polar surface area (TPSA) is 134 Å². The van der Waals surface area contributed by atoms with Gasteiger partial charge in [-0.25, -0.2) is 0 Å². The number of nitrogens with one attached hydrogen (secondary N) is 3. The molecule has 3 aromatic rings. The molecule has 40 heavy (non-hydrogen) atoms. The van der Waals surface area contributed by atoms with Gasteiger partial charge in [-0.15, -0.1) is 0 Å². The Hall–Kier alpha value is -4.99. The van der Waals surface area contributed by atoms with E-state index in [1.165, 1.54) is 25.0 Å². The van der Waals surface area contributed by atoms with Gasteiger partial charge in [-0.3, -0.25) is 24.0 Å². The molecule has 0 bridgehead atoms. The second kappa shape index (κ2) is 12.7. The van der Waals surface area contributed by atoms with Crippen LogP contribution in [-0.4, -0.2) is 54.2 Å². The van der Waals surface area contributed by atoms with E-state index in [4.69, 9.17) is 4.74 Å². The Balaban J connectivity index is 1.66. The highest BCUT2D eigenvalue weighted by Gasteiger charge is 2.37. The summed E-state index contributed by atoms with van der Waals surface area (Å²) in [5.41, 5.74) is 2.28. The van der Waals surface area contributed by atoms with Crippen LogP contribution in [0.15, 0.2) is 78.9 Å². The van der Waals surface area contributed by atoms with Crippen molar-refractivity contribution in [2.24, 2.45) is 0 Å². The summed E-state index contributed by atoms with van der Waals surface area (Å²) in [5, 5.41) is 8.26. The Morgan fingerprint density at radius 3 is 2.30 bits per heavy atom. The number of amides is 4. The molecule has 0 saturated carbocycles. The van der Waals surface area contributed by atoms with E-state index in [9.17, 15) is 24.0 Å². The van der Waals surface area contributed by atoms with Gasteiger partial charge in [0.05, 0.1) is 30.8 Å². The van der Waals surface area contributed by atoms with Crippen molar-refractivity contribution in [3.05, 3.63) is 95.6 Å². The number of hydrogen-bond acceptors (Lipinski definition) is 6. The van der Waals surface area contributed by atoms with Crippen molar-refractivity contribution in [1.82, 2.24) is 10.2 Å². The molecule has 0 spiro atoms. The van der Waals surface area contributed by atoms with Crippen LogP contribution < -0.4 is 16.0 Å². The molecule has 0 radical (unpaired) electrons. The third kappa shape index (κ3) is 6.90. The van der Waals surface area contributed by atoms with Gasteiger partial charge in [0.25, 0.3) is 5.91 Å². The summed E-state index contributed by atoms with van der Waals surface area (Å²) in [6.45, 7) is 0.900. The lowest BCUT2D eigenvalue weighted by Gasteiger charge is -2.29. The molecule has 2 atom stereocenters. The van der Waals surface area contributed by atoms with E-state index in [-0.39, 0.29) is 30.0 Å². The highest BCUT2D eigenvalue weighted by molar-refractivity contribution is 6.11. The van der Waals surface area contributed by atoms with E-state index in [1.54, 1.807) is 36.4 Å². The Morgan fingerprint density at radius 1 is 0.975 bits per heavy atom. The smallest absolute Gasteiger partial charge is 0.307 e. The van der Waals surface area contributed by atoms with Gasteiger partial charge in [-0.2, -0.15) is 0 Å². The molecule has 1 heterocycles. The molecule has 0 saturated heterocycles. The minimum Gasteiger partial charge on any atom is -0.469 e. The SMILES string of the molecule is COC(=O)CC(NC(=O)CN1C(=O)c2cc(NC(C)=O)ccc2NC(=O)[C@@H]1Cc1ccccc1)c1ccccc1. The van der Waals surface area contributed by atoms with Gasteiger partial charge in [-0.05, 0) is 29.3 Å². The van der Waals surface area contributed by atoms with E-state index < -0.39 is 42.3 Å². The molecule has 3 aromatic carbocycles. The lowest BCUT2D eigenvalue weighted by Crippen LogP contribution is -2.51. The largest absolute Gasteiger partial charge is 0.469 e. The summed E-state index contributed by atoms with van der Waals surface area (Å²) in [6.07, 6.45) is 0.0551. The third-order valence-electron chi connectivity index (χ3n) is 6.49. The van der Waals surface area contributed by atoms with E-state index in [0.717, 1.165) is 5.56 Å². The summed E-state index contributed by atoms with van der Waals surface area (Å²) in [4.78, 5) is 65.7. The first-order valence-corrected chi connectivity index (χ1v) is 12.7. The molecule has 10 heteroatoms. The number of rotatable bonds is 9. The van der Waals surface area contributed by atoms with Crippen LogP contribution in [0.25, 0.3) is 0 Å². The van der Waals surface area contributed by atoms with Crippen molar-refractivity contribution >= 4 is 41.0 Å². The number of benzene rings is 3. The van der Waals surface area contributed by atoms with Gasteiger partial charge in [0.15, 0.2) is 0 Å². The van der Waals surface area contributed by atoms with Crippen LogP contribution in [0, 0.1) is 0 Å². The molecular weight excluding hydrogens is 512 g/mol. The van der Waals surface area contributed by atoms with E-state index >= 15 is 0 Å². The molecule has 3 N–H and O–H groups in total. The first-order chi connectivity index (χ1) is 19.2. The summed E-state index contributed by atoms with van der Waals surface area (Å²) >= 11 is 0. The zero-order valence-corrected chi connectivity index (χ0v) is 22.2. The Kier molecular flexibility index (Phi) is 8.90. The highest BCUT2D eigenvalue weighted by Crippen LogP contribution is 2.28. The zero-order valence-electron chi connectivity index (χ0n) is 22.2. The van der Waals surface area contributed by atoms with Gasteiger partial charge < -0.3 is 25.6 Å². The lowest BCUT2D eigenvalue weighted by molar-refractivity contribution is -0.141. The Bertz CT molecular complexity index is 1410. The van der Waals surface area contributed by atoms with Crippen LogP contribution in [0.2, 0.25) is 0 Å². The van der Waals surface area contributed by atoms with Gasteiger partial charge in [0.1, 0.15) is 12.6 Å². The van der Waals surface area contributed by atoms with E-state index in [1.807, 2.05) is 36.4 Å². The van der Waals surface area contributed by atoms with Crippen molar-refractivity contribution in [2.75, 3.05) is 24.3 Å². The van der Waals surface area contributed by atoms with E-state index in [2.05, 4.69) is 16.0 Å². The van der Waals surface area contributed by atoms with Crippen LogP contribution >= 0.6 is 0 Å². The number of nitrogens with zero attached hydrogens (tertiary/aromatic N) is 1. The standard InChI is InChI=1S/C30H30N4O6/c1-19(35)31-22-13-14-24-23(16-22)30(39)34(26(29(38)33-24)15-20-9-5-3-6-10-20)18-27(36)32-25(17-28(37)40-2)21-11-7-4-8-12-21/h3-14,16,25-26H,15,17-18H2,1-2H3,(H,31,35)(H,32,36)(H,33,38)/t25?,26-/m0/s1. The molecular formula is C30H30N4O6. The fourth-order valence-electron chi connectivity index (χ4n) is 4.57. The molecule has 0 fully saturated rings. The van der Waals surface area contributed by atoms with Crippen molar-refractivity contribution in [3.63, 3.8) is 0 Å². The molecule has 1 unspecified atom stereocenters. The average Bonchev–Trinajstić information content (AvgIpc) is 3.03. The van der Waals surface area contributed by atoms with Gasteiger partial charge in [0.2, 0.25) is 17.7 Å².